The van der Waals surface area contributed by atoms with Crippen molar-refractivity contribution in [3.63, 3.8) is 0 Å². The summed E-state index contributed by atoms with van der Waals surface area (Å²) in [6.07, 6.45) is 5.00. The first-order chi connectivity index (χ1) is 9.61. The van der Waals surface area contributed by atoms with Gasteiger partial charge < -0.3 is 10.2 Å². The van der Waals surface area contributed by atoms with Gasteiger partial charge in [0.15, 0.2) is 0 Å². The SMILES string of the molecule is CCN1CCN(C(C)C(=O)NC2CCCCC2C)CC1. The quantitative estimate of drug-likeness (QED) is 0.852. The highest BCUT2D eigenvalue weighted by Crippen LogP contribution is 2.23. The topological polar surface area (TPSA) is 35.6 Å². The fourth-order valence-electron chi connectivity index (χ4n) is 3.47. The van der Waals surface area contributed by atoms with Crippen LogP contribution in [0.25, 0.3) is 0 Å². The molecule has 3 unspecified atom stereocenters. The van der Waals surface area contributed by atoms with Crippen LogP contribution in [-0.2, 0) is 4.79 Å². The third kappa shape index (κ3) is 3.95. The number of nitrogens with one attached hydrogen (secondary N) is 1. The molecule has 1 aliphatic carbocycles. The Morgan fingerprint density at radius 2 is 1.85 bits per heavy atom. The van der Waals surface area contributed by atoms with Crippen LogP contribution in [-0.4, -0.2) is 60.5 Å². The van der Waals surface area contributed by atoms with E-state index in [1.54, 1.807) is 0 Å². The lowest BCUT2D eigenvalue weighted by molar-refractivity contribution is -0.127. The Bertz CT molecular complexity index is 313. The summed E-state index contributed by atoms with van der Waals surface area (Å²) in [5.41, 5.74) is 0. The first-order valence-corrected chi connectivity index (χ1v) is 8.38. The number of hydrogen-bond donors (Lipinski definition) is 1. The fraction of sp³-hybridized carbons (Fsp3) is 0.938. The van der Waals surface area contributed by atoms with Gasteiger partial charge in [0, 0.05) is 32.2 Å². The molecule has 2 aliphatic rings. The maximum Gasteiger partial charge on any atom is 0.237 e. The number of amides is 1. The van der Waals surface area contributed by atoms with E-state index in [9.17, 15) is 4.79 Å². The summed E-state index contributed by atoms with van der Waals surface area (Å²) >= 11 is 0. The Morgan fingerprint density at radius 3 is 2.45 bits per heavy atom. The van der Waals surface area contributed by atoms with E-state index in [2.05, 4.69) is 35.9 Å². The molecule has 0 aromatic rings. The zero-order chi connectivity index (χ0) is 14.5. The lowest BCUT2D eigenvalue weighted by atomic mass is 9.86. The van der Waals surface area contributed by atoms with Crippen LogP contribution < -0.4 is 5.32 Å². The molecule has 0 bridgehead atoms. The predicted octanol–water partition coefficient (Wildman–Crippen LogP) is 1.71. The number of piperazine rings is 1. The number of carbonyl (C=O) groups excluding carboxylic acids is 1. The van der Waals surface area contributed by atoms with Crippen LogP contribution in [0.5, 0.6) is 0 Å². The normalized spacial score (nSPS) is 30.9. The summed E-state index contributed by atoms with van der Waals surface area (Å²) in [5.74, 6) is 0.866. The van der Waals surface area contributed by atoms with Crippen molar-refractivity contribution in [3.8, 4) is 0 Å². The number of carbonyl (C=O) groups is 1. The number of hydrogen-bond acceptors (Lipinski definition) is 3. The number of likely N-dealkylation sites (N-methyl/N-ethyl adjacent to an activating group) is 1. The molecule has 2 rings (SSSR count). The maximum atomic E-state index is 12.4. The van der Waals surface area contributed by atoms with E-state index < -0.39 is 0 Å². The molecule has 1 N–H and O–H groups in total. The zero-order valence-corrected chi connectivity index (χ0v) is 13.4. The van der Waals surface area contributed by atoms with Crippen molar-refractivity contribution in [1.82, 2.24) is 15.1 Å². The maximum absolute atomic E-state index is 12.4. The van der Waals surface area contributed by atoms with Gasteiger partial charge in [0.25, 0.3) is 0 Å². The smallest absolute Gasteiger partial charge is 0.237 e. The summed E-state index contributed by atoms with van der Waals surface area (Å²) in [6.45, 7) is 11.9. The summed E-state index contributed by atoms with van der Waals surface area (Å²) in [7, 11) is 0. The van der Waals surface area contributed by atoms with Crippen LogP contribution >= 0.6 is 0 Å². The van der Waals surface area contributed by atoms with Gasteiger partial charge in [-0.3, -0.25) is 9.69 Å². The predicted molar refractivity (Wildman–Crippen MR) is 82.7 cm³/mol. The van der Waals surface area contributed by atoms with Gasteiger partial charge in [-0.25, -0.2) is 0 Å². The van der Waals surface area contributed by atoms with Crippen molar-refractivity contribution in [1.29, 1.82) is 0 Å². The highest BCUT2D eigenvalue weighted by atomic mass is 16.2. The summed E-state index contributed by atoms with van der Waals surface area (Å²) in [4.78, 5) is 17.2. The van der Waals surface area contributed by atoms with Gasteiger partial charge in [-0.15, -0.1) is 0 Å². The van der Waals surface area contributed by atoms with Crippen molar-refractivity contribution >= 4 is 5.91 Å². The van der Waals surface area contributed by atoms with E-state index in [4.69, 9.17) is 0 Å². The Hall–Kier alpha value is -0.610. The van der Waals surface area contributed by atoms with Crippen LogP contribution in [0.3, 0.4) is 0 Å². The molecule has 1 saturated carbocycles. The van der Waals surface area contributed by atoms with Crippen molar-refractivity contribution < 1.29 is 4.79 Å². The van der Waals surface area contributed by atoms with Crippen LogP contribution in [0.2, 0.25) is 0 Å². The Kier molecular flexibility index (Phi) is 5.85. The van der Waals surface area contributed by atoms with Crippen molar-refractivity contribution in [2.75, 3.05) is 32.7 Å². The molecule has 4 nitrogen and oxygen atoms in total. The minimum absolute atomic E-state index is 0.0168. The van der Waals surface area contributed by atoms with Gasteiger partial charge in [0.05, 0.1) is 6.04 Å². The molecule has 1 heterocycles. The fourth-order valence-corrected chi connectivity index (χ4v) is 3.47. The second-order valence-electron chi connectivity index (χ2n) is 6.52. The molecule has 0 radical (unpaired) electrons. The van der Waals surface area contributed by atoms with E-state index >= 15 is 0 Å². The minimum Gasteiger partial charge on any atom is -0.352 e. The lowest BCUT2D eigenvalue weighted by Crippen LogP contribution is -2.55. The molecule has 116 valence electrons. The van der Waals surface area contributed by atoms with Gasteiger partial charge >= 0.3 is 0 Å². The molecular formula is C16H31N3O. The lowest BCUT2D eigenvalue weighted by Gasteiger charge is -2.38. The van der Waals surface area contributed by atoms with E-state index in [1.807, 2.05) is 0 Å². The molecule has 1 aliphatic heterocycles. The first-order valence-electron chi connectivity index (χ1n) is 8.38. The van der Waals surface area contributed by atoms with Crippen molar-refractivity contribution in [2.45, 2.75) is 58.5 Å². The molecular weight excluding hydrogens is 250 g/mol. The van der Waals surface area contributed by atoms with Gasteiger partial charge in [-0.05, 0) is 32.2 Å². The number of nitrogens with zero attached hydrogens (tertiary/aromatic N) is 2. The Balaban J connectivity index is 1.79. The zero-order valence-electron chi connectivity index (χ0n) is 13.4. The van der Waals surface area contributed by atoms with E-state index in [0.29, 0.717) is 12.0 Å². The molecule has 0 aromatic carbocycles. The van der Waals surface area contributed by atoms with Crippen LogP contribution in [0.15, 0.2) is 0 Å². The van der Waals surface area contributed by atoms with Gasteiger partial charge in [-0.1, -0.05) is 26.7 Å². The Labute approximate surface area is 123 Å². The molecule has 1 saturated heterocycles. The van der Waals surface area contributed by atoms with Gasteiger partial charge in [-0.2, -0.15) is 0 Å². The third-order valence-corrected chi connectivity index (χ3v) is 5.22. The third-order valence-electron chi connectivity index (χ3n) is 5.22. The summed E-state index contributed by atoms with van der Waals surface area (Å²) in [5, 5.41) is 3.30. The molecule has 0 aromatic heterocycles. The van der Waals surface area contributed by atoms with Crippen molar-refractivity contribution in [2.24, 2.45) is 5.92 Å². The molecule has 3 atom stereocenters. The minimum atomic E-state index is 0.0168. The second kappa shape index (κ2) is 7.41. The van der Waals surface area contributed by atoms with Gasteiger partial charge in [0.2, 0.25) is 5.91 Å². The van der Waals surface area contributed by atoms with E-state index in [-0.39, 0.29) is 11.9 Å². The number of rotatable bonds is 4. The van der Waals surface area contributed by atoms with Gasteiger partial charge in [0.1, 0.15) is 0 Å². The molecule has 0 spiro atoms. The largest absolute Gasteiger partial charge is 0.352 e. The van der Waals surface area contributed by atoms with E-state index in [1.165, 1.54) is 19.3 Å². The standard InChI is InChI=1S/C16H31N3O/c1-4-18-9-11-19(12-10-18)14(3)16(20)17-15-8-6-5-7-13(15)2/h13-15H,4-12H2,1-3H3,(H,17,20). The second-order valence-corrected chi connectivity index (χ2v) is 6.52. The van der Waals surface area contributed by atoms with Crippen molar-refractivity contribution in [3.05, 3.63) is 0 Å². The average Bonchev–Trinajstić information content (AvgIpc) is 2.49. The molecule has 20 heavy (non-hydrogen) atoms. The summed E-state index contributed by atoms with van der Waals surface area (Å²) in [6, 6.07) is 0.416. The Morgan fingerprint density at radius 1 is 1.20 bits per heavy atom. The highest BCUT2D eigenvalue weighted by Gasteiger charge is 2.28. The highest BCUT2D eigenvalue weighted by molar-refractivity contribution is 5.81. The monoisotopic (exact) mass is 281 g/mol. The molecule has 1 amide bonds. The van der Waals surface area contributed by atoms with Crippen LogP contribution in [0, 0.1) is 5.92 Å². The van der Waals surface area contributed by atoms with Crippen LogP contribution in [0.1, 0.15) is 46.5 Å². The average molecular weight is 281 g/mol. The van der Waals surface area contributed by atoms with E-state index in [0.717, 1.165) is 39.1 Å². The first kappa shape index (κ1) is 15.8. The van der Waals surface area contributed by atoms with Crippen LogP contribution in [0.4, 0.5) is 0 Å². The molecule has 2 fully saturated rings. The summed E-state index contributed by atoms with van der Waals surface area (Å²) < 4.78 is 0. The molecule has 4 heteroatoms.